The Morgan fingerprint density at radius 3 is 1.77 bits per heavy atom. The van der Waals surface area contributed by atoms with Crippen LogP contribution >= 0.6 is 0 Å². The zero-order valence-corrected chi connectivity index (χ0v) is 7.29. The maximum absolute atomic E-state index is 11.1. The zero-order valence-electron chi connectivity index (χ0n) is 7.29. The maximum Gasteiger partial charge on any atom is 0.340 e. The molecule has 0 amide bonds. The summed E-state index contributed by atoms with van der Waals surface area (Å²) in [7, 11) is 2.49. The van der Waals surface area contributed by atoms with Gasteiger partial charge in [-0.05, 0) is 0 Å². The van der Waals surface area contributed by atoms with Crippen LogP contribution < -0.4 is 0 Å². The highest BCUT2D eigenvalue weighted by atomic mass is 16.5. The van der Waals surface area contributed by atoms with E-state index >= 15 is 0 Å². The molecule has 5 nitrogen and oxygen atoms in total. The number of H-pyrrole nitrogens is 1. The molecule has 0 aromatic carbocycles. The summed E-state index contributed by atoms with van der Waals surface area (Å²) in [4.78, 5) is 24.8. The molecule has 1 rings (SSSR count). The molecule has 0 aliphatic carbocycles. The fourth-order valence-corrected chi connectivity index (χ4v) is 0.922. The minimum atomic E-state index is -0.568. The Labute approximate surface area is 74.7 Å². The molecule has 0 fully saturated rings. The van der Waals surface area contributed by atoms with Crippen LogP contribution in [-0.2, 0) is 9.47 Å². The SMILES string of the molecule is COC(=O)c1c[nH]cc1C(=O)OC. The van der Waals surface area contributed by atoms with Gasteiger partial charge in [0.1, 0.15) is 0 Å². The summed E-state index contributed by atoms with van der Waals surface area (Å²) in [5.74, 6) is -1.14. The van der Waals surface area contributed by atoms with Gasteiger partial charge in [0.15, 0.2) is 0 Å². The minimum absolute atomic E-state index is 0.175. The van der Waals surface area contributed by atoms with E-state index in [4.69, 9.17) is 0 Å². The molecular formula is C8H9NO4. The van der Waals surface area contributed by atoms with Crippen molar-refractivity contribution in [2.45, 2.75) is 0 Å². The van der Waals surface area contributed by atoms with Gasteiger partial charge < -0.3 is 14.5 Å². The Bertz CT molecular complexity index is 298. The zero-order chi connectivity index (χ0) is 9.84. The monoisotopic (exact) mass is 183 g/mol. The number of methoxy groups -OCH3 is 2. The molecule has 1 N–H and O–H groups in total. The first-order valence-corrected chi connectivity index (χ1v) is 3.54. The van der Waals surface area contributed by atoms with E-state index in [0.29, 0.717) is 0 Å². The Hall–Kier alpha value is -1.78. The Balaban J connectivity index is 3.02. The van der Waals surface area contributed by atoms with Crippen molar-refractivity contribution in [1.29, 1.82) is 0 Å². The van der Waals surface area contributed by atoms with Crippen LogP contribution in [-0.4, -0.2) is 31.1 Å². The molecule has 0 unspecified atom stereocenters. The molecule has 70 valence electrons. The number of hydrogen-bond donors (Lipinski definition) is 1. The van der Waals surface area contributed by atoms with Crippen molar-refractivity contribution in [2.75, 3.05) is 14.2 Å². The summed E-state index contributed by atoms with van der Waals surface area (Å²) in [5.41, 5.74) is 0.351. The number of aromatic nitrogens is 1. The van der Waals surface area contributed by atoms with Gasteiger partial charge in [0.2, 0.25) is 0 Å². The van der Waals surface area contributed by atoms with Crippen LogP contribution in [0.4, 0.5) is 0 Å². The van der Waals surface area contributed by atoms with Gasteiger partial charge in [0.05, 0.1) is 25.3 Å². The van der Waals surface area contributed by atoms with Gasteiger partial charge in [0.25, 0.3) is 0 Å². The van der Waals surface area contributed by atoms with Crippen LogP contribution in [0.25, 0.3) is 0 Å². The van der Waals surface area contributed by atoms with Crippen molar-refractivity contribution < 1.29 is 19.1 Å². The maximum atomic E-state index is 11.1. The van der Waals surface area contributed by atoms with Crippen molar-refractivity contribution in [3.05, 3.63) is 23.5 Å². The lowest BCUT2D eigenvalue weighted by atomic mass is 10.2. The summed E-state index contributed by atoms with van der Waals surface area (Å²) >= 11 is 0. The van der Waals surface area contributed by atoms with Crippen molar-refractivity contribution in [3.63, 3.8) is 0 Å². The highest BCUT2D eigenvalue weighted by molar-refractivity contribution is 6.02. The van der Waals surface area contributed by atoms with Crippen molar-refractivity contribution in [1.82, 2.24) is 4.98 Å². The van der Waals surface area contributed by atoms with E-state index in [2.05, 4.69) is 14.5 Å². The number of hydrogen-bond acceptors (Lipinski definition) is 4. The number of ether oxygens (including phenoxy) is 2. The topological polar surface area (TPSA) is 68.4 Å². The van der Waals surface area contributed by atoms with Crippen LogP contribution in [0.1, 0.15) is 20.7 Å². The van der Waals surface area contributed by atoms with Crippen LogP contribution in [0.15, 0.2) is 12.4 Å². The van der Waals surface area contributed by atoms with E-state index in [0.717, 1.165) is 0 Å². The third-order valence-corrected chi connectivity index (χ3v) is 1.56. The summed E-state index contributed by atoms with van der Waals surface area (Å²) in [6, 6.07) is 0. The van der Waals surface area contributed by atoms with Crippen molar-refractivity contribution in [3.8, 4) is 0 Å². The van der Waals surface area contributed by atoms with E-state index in [1.54, 1.807) is 0 Å². The molecule has 1 aromatic heterocycles. The minimum Gasteiger partial charge on any atom is -0.465 e. The van der Waals surface area contributed by atoms with Crippen LogP contribution in [0.5, 0.6) is 0 Å². The lowest BCUT2D eigenvalue weighted by Crippen LogP contribution is -2.08. The lowest BCUT2D eigenvalue weighted by molar-refractivity contribution is 0.0556. The lowest BCUT2D eigenvalue weighted by Gasteiger charge is -1.99. The Morgan fingerprint density at radius 2 is 1.46 bits per heavy atom. The van der Waals surface area contributed by atoms with Crippen LogP contribution in [0.2, 0.25) is 0 Å². The second kappa shape index (κ2) is 3.75. The molecule has 1 heterocycles. The van der Waals surface area contributed by atoms with Gasteiger partial charge in [-0.25, -0.2) is 9.59 Å². The smallest absolute Gasteiger partial charge is 0.340 e. The normalized spacial score (nSPS) is 9.38. The summed E-state index contributed by atoms with van der Waals surface area (Å²) in [6.45, 7) is 0. The second-order valence-electron chi connectivity index (χ2n) is 2.27. The van der Waals surface area contributed by atoms with Gasteiger partial charge in [-0.2, -0.15) is 0 Å². The predicted molar refractivity (Wildman–Crippen MR) is 43.5 cm³/mol. The summed E-state index contributed by atoms with van der Waals surface area (Å²) in [6.07, 6.45) is 2.77. The van der Waals surface area contributed by atoms with E-state index in [1.165, 1.54) is 26.6 Å². The number of rotatable bonds is 2. The van der Waals surface area contributed by atoms with Gasteiger partial charge >= 0.3 is 11.9 Å². The van der Waals surface area contributed by atoms with E-state index in [9.17, 15) is 9.59 Å². The average molecular weight is 183 g/mol. The summed E-state index contributed by atoms with van der Waals surface area (Å²) in [5, 5.41) is 0. The molecule has 0 saturated carbocycles. The molecule has 0 spiro atoms. The highest BCUT2D eigenvalue weighted by Gasteiger charge is 2.18. The number of nitrogens with one attached hydrogen (secondary N) is 1. The molecule has 0 bridgehead atoms. The van der Waals surface area contributed by atoms with Crippen molar-refractivity contribution >= 4 is 11.9 Å². The Kier molecular flexibility index (Phi) is 2.69. The Morgan fingerprint density at radius 1 is 1.08 bits per heavy atom. The van der Waals surface area contributed by atoms with E-state index < -0.39 is 11.9 Å². The molecule has 5 heteroatoms. The van der Waals surface area contributed by atoms with Gasteiger partial charge in [0, 0.05) is 12.4 Å². The average Bonchev–Trinajstić information content (AvgIpc) is 2.63. The molecule has 0 radical (unpaired) electrons. The third-order valence-electron chi connectivity index (χ3n) is 1.56. The van der Waals surface area contributed by atoms with E-state index in [1.807, 2.05) is 0 Å². The predicted octanol–water partition coefficient (Wildman–Crippen LogP) is 0.588. The van der Waals surface area contributed by atoms with Gasteiger partial charge in [-0.3, -0.25) is 0 Å². The number of esters is 2. The number of aromatic amines is 1. The molecule has 0 saturated heterocycles. The van der Waals surface area contributed by atoms with Gasteiger partial charge in [-0.1, -0.05) is 0 Å². The number of carbonyl (C=O) groups excluding carboxylic acids is 2. The summed E-state index contributed by atoms with van der Waals surface area (Å²) < 4.78 is 8.93. The van der Waals surface area contributed by atoms with E-state index in [-0.39, 0.29) is 11.1 Å². The second-order valence-corrected chi connectivity index (χ2v) is 2.27. The molecule has 0 aliphatic heterocycles. The molecule has 0 atom stereocenters. The molecule has 0 aliphatic rings. The van der Waals surface area contributed by atoms with Crippen molar-refractivity contribution in [2.24, 2.45) is 0 Å². The van der Waals surface area contributed by atoms with Crippen LogP contribution in [0.3, 0.4) is 0 Å². The fourth-order valence-electron chi connectivity index (χ4n) is 0.922. The standard InChI is InChI=1S/C8H9NO4/c1-12-7(10)5-3-9-4-6(5)8(11)13-2/h3-4,9H,1-2H3. The molecule has 13 heavy (non-hydrogen) atoms. The van der Waals surface area contributed by atoms with Gasteiger partial charge in [-0.15, -0.1) is 0 Å². The highest BCUT2D eigenvalue weighted by Crippen LogP contribution is 2.10. The number of carbonyl (C=O) groups is 2. The third kappa shape index (κ3) is 1.69. The first-order valence-electron chi connectivity index (χ1n) is 3.54. The first-order chi connectivity index (χ1) is 6.20. The fraction of sp³-hybridized carbons (Fsp3) is 0.250. The molecule has 1 aromatic rings. The molecular weight excluding hydrogens is 174 g/mol. The quantitative estimate of drug-likeness (QED) is 0.681. The van der Waals surface area contributed by atoms with Crippen LogP contribution in [0, 0.1) is 0 Å². The first kappa shape index (κ1) is 9.31. The largest absolute Gasteiger partial charge is 0.465 e.